The number of allylic oxidation sites excluding steroid dienone is 1. The lowest BCUT2D eigenvalue weighted by Gasteiger charge is -2.49. The lowest BCUT2D eigenvalue weighted by molar-refractivity contribution is -0.206. The Morgan fingerprint density at radius 2 is 2.09 bits per heavy atom. The van der Waals surface area contributed by atoms with Crippen molar-refractivity contribution in [3.05, 3.63) is 35.4 Å². The predicted octanol–water partition coefficient (Wildman–Crippen LogP) is 2.31. The Hall–Kier alpha value is -1.56. The third-order valence-electron chi connectivity index (χ3n) is 5.16. The summed E-state index contributed by atoms with van der Waals surface area (Å²) in [5, 5.41) is 31.1. The number of phenolic OH excluding ortho intramolecular Hbond substituents is 1. The smallest absolute Gasteiger partial charge is 0.160 e. The summed E-state index contributed by atoms with van der Waals surface area (Å²) in [5.74, 6) is 0.303. The highest BCUT2D eigenvalue weighted by Crippen LogP contribution is 2.47. The summed E-state index contributed by atoms with van der Waals surface area (Å²) >= 11 is 0. The minimum atomic E-state index is -0.934. The van der Waals surface area contributed by atoms with Gasteiger partial charge >= 0.3 is 0 Å². The van der Waals surface area contributed by atoms with Gasteiger partial charge in [0.25, 0.3) is 0 Å². The number of ether oxygens (including phenoxy) is 2. The van der Waals surface area contributed by atoms with Crippen LogP contribution in [0, 0.1) is 5.92 Å². The lowest BCUT2D eigenvalue weighted by atomic mass is 9.70. The van der Waals surface area contributed by atoms with Gasteiger partial charge in [-0.15, -0.1) is 0 Å². The van der Waals surface area contributed by atoms with Crippen LogP contribution in [0.25, 0.3) is 0 Å². The quantitative estimate of drug-likeness (QED) is 0.729. The number of phenols is 1. The minimum absolute atomic E-state index is 0.0631. The van der Waals surface area contributed by atoms with E-state index in [1.807, 2.05) is 13.0 Å². The zero-order valence-electron chi connectivity index (χ0n) is 13.7. The molecule has 1 fully saturated rings. The first-order valence-corrected chi connectivity index (χ1v) is 7.93. The molecule has 0 saturated carbocycles. The molecule has 2 unspecified atom stereocenters. The Morgan fingerprint density at radius 1 is 1.35 bits per heavy atom. The number of fused-ring (bicyclic) bond motifs is 1. The van der Waals surface area contributed by atoms with Crippen molar-refractivity contribution in [2.75, 3.05) is 7.11 Å². The molecule has 2 aliphatic rings. The molecule has 0 bridgehead atoms. The highest BCUT2D eigenvalue weighted by molar-refractivity contribution is 5.42. The van der Waals surface area contributed by atoms with Crippen LogP contribution in [-0.4, -0.2) is 40.2 Å². The number of aliphatic hydroxyl groups excluding tert-OH is 1. The molecule has 0 radical (unpaired) electrons. The number of hydrogen-bond donors (Lipinski definition) is 3. The maximum absolute atomic E-state index is 10.9. The van der Waals surface area contributed by atoms with E-state index in [-0.39, 0.29) is 17.8 Å². The van der Waals surface area contributed by atoms with E-state index in [9.17, 15) is 15.3 Å². The van der Waals surface area contributed by atoms with Gasteiger partial charge in [-0.05, 0) is 43.5 Å². The van der Waals surface area contributed by atoms with Crippen molar-refractivity contribution in [3.8, 4) is 11.5 Å². The third-order valence-corrected chi connectivity index (χ3v) is 5.16. The predicted molar refractivity (Wildman–Crippen MR) is 85.4 cm³/mol. The average Bonchev–Trinajstić information content (AvgIpc) is 2.51. The fraction of sp³-hybridized carbons (Fsp3) is 0.556. The van der Waals surface area contributed by atoms with Crippen molar-refractivity contribution in [3.63, 3.8) is 0 Å². The van der Waals surface area contributed by atoms with Gasteiger partial charge < -0.3 is 24.8 Å². The molecule has 0 amide bonds. The Kier molecular flexibility index (Phi) is 4.12. The number of aliphatic hydroxyl groups is 2. The lowest BCUT2D eigenvalue weighted by Crippen LogP contribution is -2.55. The van der Waals surface area contributed by atoms with Gasteiger partial charge in [0.05, 0.1) is 24.9 Å². The summed E-state index contributed by atoms with van der Waals surface area (Å²) < 4.78 is 11.3. The van der Waals surface area contributed by atoms with Crippen molar-refractivity contribution in [2.45, 2.75) is 50.6 Å². The fourth-order valence-electron chi connectivity index (χ4n) is 3.68. The van der Waals surface area contributed by atoms with Crippen molar-refractivity contribution < 1.29 is 24.8 Å². The maximum atomic E-state index is 10.9. The zero-order valence-corrected chi connectivity index (χ0v) is 13.7. The second-order valence-electron chi connectivity index (χ2n) is 6.82. The van der Waals surface area contributed by atoms with E-state index >= 15 is 0 Å². The Balaban J connectivity index is 1.92. The Bertz CT molecular complexity index is 622. The molecule has 1 aromatic rings. The SMILES string of the molecule is COc1cc(C2CC(C)(O)[C@@H]3CC=C(C)[C@@H](O)[C@@H]3O2)ccc1O. The van der Waals surface area contributed by atoms with Crippen molar-refractivity contribution in [1.29, 1.82) is 0 Å². The molecule has 23 heavy (non-hydrogen) atoms. The molecule has 3 rings (SSSR count). The first-order valence-electron chi connectivity index (χ1n) is 7.93. The van der Waals surface area contributed by atoms with Crippen LogP contribution in [0.2, 0.25) is 0 Å². The van der Waals surface area contributed by atoms with E-state index in [4.69, 9.17) is 9.47 Å². The first-order chi connectivity index (χ1) is 10.8. The summed E-state index contributed by atoms with van der Waals surface area (Å²) in [7, 11) is 1.49. The van der Waals surface area contributed by atoms with E-state index in [1.165, 1.54) is 7.11 Å². The normalized spacial score (nSPS) is 37.0. The minimum Gasteiger partial charge on any atom is -0.504 e. The van der Waals surface area contributed by atoms with Gasteiger partial charge in [0.2, 0.25) is 0 Å². The van der Waals surface area contributed by atoms with Crippen molar-refractivity contribution >= 4 is 0 Å². The summed E-state index contributed by atoms with van der Waals surface area (Å²) in [6, 6.07) is 5.03. The molecular formula is C18H24O5. The van der Waals surface area contributed by atoms with Crippen molar-refractivity contribution in [2.24, 2.45) is 5.92 Å². The number of benzene rings is 1. The first kappa shape index (κ1) is 16.3. The van der Waals surface area contributed by atoms with Gasteiger partial charge in [0.15, 0.2) is 11.5 Å². The van der Waals surface area contributed by atoms with E-state index in [0.717, 1.165) is 11.1 Å². The largest absolute Gasteiger partial charge is 0.504 e. The fourth-order valence-corrected chi connectivity index (χ4v) is 3.68. The summed E-state index contributed by atoms with van der Waals surface area (Å²) in [6.07, 6.45) is 1.61. The molecule has 0 spiro atoms. The molecule has 1 aromatic carbocycles. The summed E-state index contributed by atoms with van der Waals surface area (Å²) in [6.45, 7) is 3.69. The molecule has 1 saturated heterocycles. The van der Waals surface area contributed by atoms with E-state index in [1.54, 1.807) is 25.1 Å². The monoisotopic (exact) mass is 320 g/mol. The van der Waals surface area contributed by atoms with Gasteiger partial charge in [-0.1, -0.05) is 12.1 Å². The molecule has 1 aliphatic heterocycles. The van der Waals surface area contributed by atoms with E-state index < -0.39 is 17.8 Å². The van der Waals surface area contributed by atoms with Crippen LogP contribution in [0.1, 0.15) is 38.4 Å². The second kappa shape index (κ2) is 5.82. The summed E-state index contributed by atoms with van der Waals surface area (Å²) in [5.41, 5.74) is 0.764. The van der Waals surface area contributed by atoms with Gasteiger partial charge in [-0.2, -0.15) is 0 Å². The van der Waals surface area contributed by atoms with E-state index in [0.29, 0.717) is 18.6 Å². The van der Waals surface area contributed by atoms with Gasteiger partial charge in [-0.3, -0.25) is 0 Å². The maximum Gasteiger partial charge on any atom is 0.160 e. The van der Waals surface area contributed by atoms with Crippen LogP contribution in [0.15, 0.2) is 29.8 Å². The van der Waals surface area contributed by atoms with Crippen LogP contribution in [0.5, 0.6) is 11.5 Å². The van der Waals surface area contributed by atoms with E-state index in [2.05, 4.69) is 0 Å². The number of aromatic hydroxyl groups is 1. The number of methoxy groups -OCH3 is 1. The van der Waals surface area contributed by atoms with Crippen LogP contribution < -0.4 is 4.74 Å². The Morgan fingerprint density at radius 3 is 2.78 bits per heavy atom. The average molecular weight is 320 g/mol. The standard InChI is InChI=1S/C18H24O5/c1-10-4-6-12-17(16(10)20)23-15(9-18(12,2)21)11-5-7-13(19)14(8-11)22-3/h4-5,7-8,12,15-17,19-21H,6,9H2,1-3H3/t12-,15?,16-,17-,18?/m1/s1. The van der Waals surface area contributed by atoms with Gasteiger partial charge in [-0.25, -0.2) is 0 Å². The summed E-state index contributed by atoms with van der Waals surface area (Å²) in [4.78, 5) is 0. The molecule has 5 nitrogen and oxygen atoms in total. The number of rotatable bonds is 2. The highest BCUT2D eigenvalue weighted by atomic mass is 16.5. The Labute approximate surface area is 136 Å². The van der Waals surface area contributed by atoms with Crippen LogP contribution >= 0.6 is 0 Å². The second-order valence-corrected chi connectivity index (χ2v) is 6.82. The highest BCUT2D eigenvalue weighted by Gasteiger charge is 2.49. The van der Waals surface area contributed by atoms with Gasteiger partial charge in [0, 0.05) is 12.3 Å². The third kappa shape index (κ3) is 2.84. The molecular weight excluding hydrogens is 296 g/mol. The molecule has 1 aliphatic carbocycles. The number of hydrogen-bond acceptors (Lipinski definition) is 5. The van der Waals surface area contributed by atoms with Crippen molar-refractivity contribution in [1.82, 2.24) is 0 Å². The van der Waals surface area contributed by atoms with Crippen LogP contribution in [0.4, 0.5) is 0 Å². The van der Waals surface area contributed by atoms with Gasteiger partial charge in [0.1, 0.15) is 6.10 Å². The molecule has 126 valence electrons. The molecule has 5 heteroatoms. The van der Waals surface area contributed by atoms with Crippen LogP contribution in [-0.2, 0) is 4.74 Å². The zero-order chi connectivity index (χ0) is 16.8. The molecule has 5 atom stereocenters. The molecule has 0 aromatic heterocycles. The topological polar surface area (TPSA) is 79.2 Å². The molecule has 3 N–H and O–H groups in total. The molecule has 1 heterocycles. The van der Waals surface area contributed by atoms with Crippen LogP contribution in [0.3, 0.4) is 0 Å².